The zero-order valence-corrected chi connectivity index (χ0v) is 13.2. The standard InChI is InChI=1S/2C5H8O2.2ClH.Ti/c2*1-4(6)3-5(2)7;;;/h2*3,6H,1-2H3;2*1H;/q;;;;+2/p-2/b2*4-3-;;;. The molecule has 0 aromatic carbocycles. The van der Waals surface area contributed by atoms with Crippen LogP contribution in [0.15, 0.2) is 23.7 Å². The zero-order chi connectivity index (χ0) is 14.4. The maximum absolute atomic E-state index is 10.0. The Kier molecular flexibility index (Phi) is 20.3. The fourth-order valence-electron chi connectivity index (χ4n) is 0.588. The van der Waals surface area contributed by atoms with Gasteiger partial charge in [-0.1, -0.05) is 0 Å². The Hall–Kier alpha value is -0.286. The number of halogens is 2. The molecule has 0 spiro atoms. The Morgan fingerprint density at radius 3 is 1.06 bits per heavy atom. The molecule has 0 bridgehead atoms. The molecule has 0 saturated carbocycles. The first-order valence-corrected chi connectivity index (χ1v) is 8.69. The Bertz CT molecular complexity index is 252. The number of hydrogen-bond donors (Lipinski definition) is 2. The van der Waals surface area contributed by atoms with E-state index >= 15 is 0 Å². The van der Waals surface area contributed by atoms with E-state index in [0.717, 1.165) is 0 Å². The number of hydrogen-bond acceptors (Lipinski definition) is 4. The molecule has 0 atom stereocenters. The molecule has 4 nitrogen and oxygen atoms in total. The van der Waals surface area contributed by atoms with Gasteiger partial charge in [0.25, 0.3) is 0 Å². The average Bonchev–Trinajstić information content (AvgIpc) is 1.99. The fourth-order valence-corrected chi connectivity index (χ4v) is 0.588. The first-order valence-electron chi connectivity index (χ1n) is 4.39. The summed E-state index contributed by atoms with van der Waals surface area (Å²) in [4.78, 5) is 20.0. The monoisotopic (exact) mass is 318 g/mol. The molecule has 98 valence electrons. The van der Waals surface area contributed by atoms with Crippen LogP contribution in [-0.2, 0) is 26.6 Å². The van der Waals surface area contributed by atoms with Crippen LogP contribution < -0.4 is 0 Å². The quantitative estimate of drug-likeness (QED) is 0.464. The summed E-state index contributed by atoms with van der Waals surface area (Å²) in [7, 11) is 9.78. The molecule has 0 rings (SSSR count). The molecule has 17 heavy (non-hydrogen) atoms. The maximum atomic E-state index is 10.0. The van der Waals surface area contributed by atoms with E-state index < -0.39 is 17.0 Å². The summed E-state index contributed by atoms with van der Waals surface area (Å²) >= 11 is -0.556. The van der Waals surface area contributed by atoms with E-state index in [-0.39, 0.29) is 23.1 Å². The minimum absolute atomic E-state index is 0.0625. The van der Waals surface area contributed by atoms with E-state index in [1.165, 1.54) is 39.8 Å². The van der Waals surface area contributed by atoms with Gasteiger partial charge in [-0.25, -0.2) is 0 Å². The van der Waals surface area contributed by atoms with Gasteiger partial charge in [-0.15, -0.1) is 0 Å². The minimum atomic E-state index is -0.556. The van der Waals surface area contributed by atoms with Crippen LogP contribution in [-0.4, -0.2) is 21.8 Å². The van der Waals surface area contributed by atoms with Crippen LogP contribution in [0, 0.1) is 0 Å². The molecule has 0 aliphatic rings. The first-order chi connectivity index (χ1) is 7.67. The summed E-state index contributed by atoms with van der Waals surface area (Å²) in [5.41, 5.74) is 0. The van der Waals surface area contributed by atoms with Crippen LogP contribution in [0.5, 0.6) is 0 Å². The Balaban J connectivity index is -0.000000188. The van der Waals surface area contributed by atoms with Crippen molar-refractivity contribution in [1.82, 2.24) is 0 Å². The summed E-state index contributed by atoms with van der Waals surface area (Å²) in [6.07, 6.45) is 2.33. The van der Waals surface area contributed by atoms with Gasteiger partial charge >= 0.3 is 35.6 Å². The van der Waals surface area contributed by atoms with Gasteiger partial charge in [0.1, 0.15) is 0 Å². The molecule has 2 N–H and O–H groups in total. The Morgan fingerprint density at radius 1 is 0.882 bits per heavy atom. The third-order valence-electron chi connectivity index (χ3n) is 0.824. The molecular weight excluding hydrogens is 303 g/mol. The van der Waals surface area contributed by atoms with Gasteiger partial charge < -0.3 is 10.2 Å². The van der Waals surface area contributed by atoms with E-state index in [1.807, 2.05) is 0 Å². The number of carbonyl (C=O) groups is 2. The van der Waals surface area contributed by atoms with E-state index in [4.69, 9.17) is 28.8 Å². The van der Waals surface area contributed by atoms with Gasteiger partial charge in [-0.3, -0.25) is 9.59 Å². The van der Waals surface area contributed by atoms with Gasteiger partial charge in [0.05, 0.1) is 11.5 Å². The van der Waals surface area contributed by atoms with Crippen LogP contribution in [0.2, 0.25) is 0 Å². The van der Waals surface area contributed by atoms with Crippen LogP contribution in [0.25, 0.3) is 0 Å². The van der Waals surface area contributed by atoms with Gasteiger partial charge in [-0.05, 0) is 27.7 Å². The molecule has 0 heterocycles. The van der Waals surface area contributed by atoms with Crippen LogP contribution in [0.3, 0.4) is 0 Å². The summed E-state index contributed by atoms with van der Waals surface area (Å²) in [5, 5.41) is 16.7. The van der Waals surface area contributed by atoms with Crippen molar-refractivity contribution in [3.05, 3.63) is 23.7 Å². The van der Waals surface area contributed by atoms with E-state index in [1.54, 1.807) is 0 Å². The summed E-state index contributed by atoms with van der Waals surface area (Å²) in [6, 6.07) is 0. The van der Waals surface area contributed by atoms with Gasteiger partial charge in [0.15, 0.2) is 11.6 Å². The summed E-state index contributed by atoms with van der Waals surface area (Å²) in [6.45, 7) is 5.70. The predicted molar refractivity (Wildman–Crippen MR) is 65.8 cm³/mol. The SMILES string of the molecule is CC(=O)/C=C(/C)O.CC(=O)/C=C(/C)O.[Cl][Ti][Cl]. The van der Waals surface area contributed by atoms with Crippen LogP contribution in [0.1, 0.15) is 27.7 Å². The second kappa shape index (κ2) is 15.7. The molecule has 0 radical (unpaired) electrons. The van der Waals surface area contributed by atoms with Crippen molar-refractivity contribution in [2.24, 2.45) is 0 Å². The molecule has 7 heteroatoms. The topological polar surface area (TPSA) is 74.6 Å². The second-order valence-electron chi connectivity index (χ2n) is 2.86. The van der Waals surface area contributed by atoms with Crippen molar-refractivity contribution in [3.63, 3.8) is 0 Å². The zero-order valence-electron chi connectivity index (χ0n) is 10.1. The Labute approximate surface area is 118 Å². The van der Waals surface area contributed by atoms with Crippen molar-refractivity contribution < 1.29 is 36.8 Å². The van der Waals surface area contributed by atoms with Crippen molar-refractivity contribution in [2.45, 2.75) is 27.7 Å². The number of aliphatic hydroxyl groups is 2. The Morgan fingerprint density at radius 2 is 1.06 bits per heavy atom. The van der Waals surface area contributed by atoms with Crippen molar-refractivity contribution in [1.29, 1.82) is 0 Å². The first kappa shape index (κ1) is 21.9. The molecule has 0 aliphatic carbocycles. The number of aliphatic hydroxyl groups excluding tert-OH is 2. The summed E-state index contributed by atoms with van der Waals surface area (Å²) < 4.78 is 0. The fraction of sp³-hybridized carbons (Fsp3) is 0.400. The number of carbonyl (C=O) groups excluding carboxylic acids is 2. The number of rotatable bonds is 2. The van der Waals surface area contributed by atoms with Gasteiger partial charge in [-0.2, -0.15) is 0 Å². The molecular formula is C10H16Cl2O4Ti. The number of allylic oxidation sites excluding steroid dienone is 4. The number of ketones is 2. The van der Waals surface area contributed by atoms with Gasteiger partial charge in [0.2, 0.25) is 0 Å². The van der Waals surface area contributed by atoms with E-state index in [2.05, 4.69) is 0 Å². The molecule has 0 unspecified atom stereocenters. The average molecular weight is 319 g/mol. The molecule has 0 fully saturated rings. The molecule has 0 saturated heterocycles. The molecule has 0 aliphatic heterocycles. The molecule has 0 aromatic heterocycles. The normalized spacial score (nSPS) is 10.2. The van der Waals surface area contributed by atoms with E-state index in [9.17, 15) is 9.59 Å². The van der Waals surface area contributed by atoms with Crippen molar-refractivity contribution in [2.75, 3.05) is 0 Å². The van der Waals surface area contributed by atoms with E-state index in [0.29, 0.717) is 0 Å². The third-order valence-corrected chi connectivity index (χ3v) is 0.824. The summed E-state index contributed by atoms with van der Waals surface area (Å²) in [5.74, 6) is -0.125. The predicted octanol–water partition coefficient (Wildman–Crippen LogP) is 3.45. The van der Waals surface area contributed by atoms with Crippen LogP contribution >= 0.6 is 18.6 Å². The second-order valence-corrected chi connectivity index (χ2v) is 5.44. The van der Waals surface area contributed by atoms with Crippen molar-refractivity contribution in [3.8, 4) is 0 Å². The van der Waals surface area contributed by atoms with Gasteiger partial charge in [0, 0.05) is 12.2 Å². The van der Waals surface area contributed by atoms with Crippen molar-refractivity contribution >= 4 is 30.2 Å². The molecule has 0 amide bonds. The third kappa shape index (κ3) is 49.7. The van der Waals surface area contributed by atoms with Crippen LogP contribution in [0.4, 0.5) is 0 Å². The molecule has 0 aromatic rings.